The molecule has 0 heterocycles. The van der Waals surface area contributed by atoms with Gasteiger partial charge in [-0.3, -0.25) is 4.79 Å². The highest BCUT2D eigenvalue weighted by Crippen LogP contribution is 2.01. The first-order chi connectivity index (χ1) is 6.13. The summed E-state index contributed by atoms with van der Waals surface area (Å²) in [7, 11) is 0. The lowest BCUT2D eigenvalue weighted by Crippen LogP contribution is -2.34. The minimum absolute atomic E-state index is 0.140. The third-order valence-electron chi connectivity index (χ3n) is 1.68. The smallest absolute Gasteiger partial charge is 0.225 e. The Kier molecular flexibility index (Phi) is 11.0. The van der Waals surface area contributed by atoms with Gasteiger partial charge in [0.2, 0.25) is 5.91 Å². The first kappa shape index (κ1) is 15.0. The van der Waals surface area contributed by atoms with E-state index in [0.717, 1.165) is 19.5 Å². The van der Waals surface area contributed by atoms with Gasteiger partial charge in [-0.15, -0.1) is 0 Å². The molecule has 0 rings (SSSR count). The predicted octanol–water partition coefficient (Wildman–Crippen LogP) is 2.93. The number of hydrogen-bond donors (Lipinski definition) is 0. The summed E-state index contributed by atoms with van der Waals surface area (Å²) < 4.78 is 0. The Balaban J connectivity index is 0. The molecule has 0 aromatic carbocycles. The van der Waals surface area contributed by atoms with Gasteiger partial charge in [0, 0.05) is 19.0 Å². The highest BCUT2D eigenvalue weighted by atomic mass is 16.2. The summed E-state index contributed by atoms with van der Waals surface area (Å²) in [6.45, 7) is 13.7. The largest absolute Gasteiger partial charge is 0.343 e. The second-order valence-corrected chi connectivity index (χ2v) is 3.07. The van der Waals surface area contributed by atoms with Gasteiger partial charge in [0.05, 0.1) is 0 Å². The van der Waals surface area contributed by atoms with Crippen molar-refractivity contribution in [3.05, 3.63) is 0 Å². The molecular formula is C11H25NO. The van der Waals surface area contributed by atoms with Gasteiger partial charge in [-0.25, -0.2) is 0 Å². The summed E-state index contributed by atoms with van der Waals surface area (Å²) in [5, 5.41) is 0. The van der Waals surface area contributed by atoms with E-state index in [9.17, 15) is 4.79 Å². The van der Waals surface area contributed by atoms with Gasteiger partial charge in [0.15, 0.2) is 0 Å². The van der Waals surface area contributed by atoms with Crippen molar-refractivity contribution in [2.75, 3.05) is 13.1 Å². The van der Waals surface area contributed by atoms with E-state index in [4.69, 9.17) is 0 Å². The van der Waals surface area contributed by atoms with Gasteiger partial charge in [-0.05, 0) is 13.3 Å². The summed E-state index contributed by atoms with van der Waals surface area (Å²) in [6, 6.07) is 0. The lowest BCUT2D eigenvalue weighted by Gasteiger charge is -2.21. The molecule has 0 spiro atoms. The van der Waals surface area contributed by atoms with Crippen LogP contribution >= 0.6 is 0 Å². The Hall–Kier alpha value is -0.530. The molecule has 2 heteroatoms. The van der Waals surface area contributed by atoms with Gasteiger partial charge in [-0.2, -0.15) is 0 Å². The van der Waals surface area contributed by atoms with E-state index in [2.05, 4.69) is 6.92 Å². The van der Waals surface area contributed by atoms with Crippen LogP contribution in [0.15, 0.2) is 0 Å². The first-order valence-electron chi connectivity index (χ1n) is 5.42. The molecule has 0 radical (unpaired) electrons. The zero-order valence-corrected chi connectivity index (χ0v) is 10.1. The van der Waals surface area contributed by atoms with E-state index in [-0.39, 0.29) is 11.8 Å². The van der Waals surface area contributed by atoms with Crippen LogP contribution in [0.3, 0.4) is 0 Å². The Morgan fingerprint density at radius 2 is 1.69 bits per heavy atom. The van der Waals surface area contributed by atoms with Gasteiger partial charge >= 0.3 is 0 Å². The average molecular weight is 187 g/mol. The van der Waals surface area contributed by atoms with Crippen molar-refractivity contribution >= 4 is 5.91 Å². The molecule has 0 aliphatic carbocycles. The number of amides is 1. The highest BCUT2D eigenvalue weighted by molar-refractivity contribution is 5.78. The molecule has 0 N–H and O–H groups in total. The molecular weight excluding hydrogens is 162 g/mol. The molecule has 13 heavy (non-hydrogen) atoms. The fourth-order valence-corrected chi connectivity index (χ4v) is 1.06. The molecule has 0 aromatic heterocycles. The zero-order chi connectivity index (χ0) is 10.9. The summed E-state index contributed by atoms with van der Waals surface area (Å²) >= 11 is 0. The lowest BCUT2D eigenvalue weighted by atomic mass is 10.2. The van der Waals surface area contributed by atoms with Gasteiger partial charge in [0.25, 0.3) is 0 Å². The molecule has 2 nitrogen and oxygen atoms in total. The topological polar surface area (TPSA) is 20.3 Å². The molecule has 0 saturated carbocycles. The maximum absolute atomic E-state index is 11.4. The third-order valence-corrected chi connectivity index (χ3v) is 1.68. The normalized spacial score (nSPS) is 9.15. The Bertz CT molecular complexity index is 121. The maximum Gasteiger partial charge on any atom is 0.225 e. The van der Waals surface area contributed by atoms with Crippen LogP contribution < -0.4 is 0 Å². The van der Waals surface area contributed by atoms with Crippen LogP contribution in [0.5, 0.6) is 0 Å². The maximum atomic E-state index is 11.4. The SMILES string of the molecule is CC.CCCN(CC)C(=O)C(C)C. The molecule has 0 bridgehead atoms. The van der Waals surface area contributed by atoms with E-state index in [1.54, 1.807) is 0 Å². The second kappa shape index (κ2) is 9.56. The zero-order valence-electron chi connectivity index (χ0n) is 10.1. The molecule has 80 valence electrons. The molecule has 0 saturated heterocycles. The molecule has 0 aliphatic rings. The van der Waals surface area contributed by atoms with E-state index < -0.39 is 0 Å². The van der Waals surface area contributed by atoms with Crippen molar-refractivity contribution in [3.63, 3.8) is 0 Å². The number of rotatable bonds is 4. The van der Waals surface area contributed by atoms with Gasteiger partial charge in [0.1, 0.15) is 0 Å². The summed E-state index contributed by atoms with van der Waals surface area (Å²) in [5.74, 6) is 0.413. The first-order valence-corrected chi connectivity index (χ1v) is 5.42. The predicted molar refractivity (Wildman–Crippen MR) is 58.7 cm³/mol. The molecule has 0 fully saturated rings. The summed E-state index contributed by atoms with van der Waals surface area (Å²) in [5.41, 5.74) is 0. The fraction of sp³-hybridized carbons (Fsp3) is 0.909. The van der Waals surface area contributed by atoms with E-state index >= 15 is 0 Å². The van der Waals surface area contributed by atoms with Crippen LogP contribution in [-0.2, 0) is 4.79 Å². The Morgan fingerprint density at radius 3 is 1.92 bits per heavy atom. The van der Waals surface area contributed by atoms with Crippen LogP contribution in [-0.4, -0.2) is 23.9 Å². The highest BCUT2D eigenvalue weighted by Gasteiger charge is 2.13. The monoisotopic (exact) mass is 187 g/mol. The minimum atomic E-state index is 0.140. The lowest BCUT2D eigenvalue weighted by molar-refractivity contribution is -0.134. The van der Waals surface area contributed by atoms with Crippen molar-refractivity contribution in [2.24, 2.45) is 5.92 Å². The van der Waals surface area contributed by atoms with E-state index in [1.165, 1.54) is 0 Å². The van der Waals surface area contributed by atoms with Crippen molar-refractivity contribution < 1.29 is 4.79 Å². The second-order valence-electron chi connectivity index (χ2n) is 3.07. The number of carbonyl (C=O) groups excluding carboxylic acids is 1. The molecule has 0 aliphatic heterocycles. The van der Waals surface area contributed by atoms with Crippen LogP contribution in [0.4, 0.5) is 0 Å². The number of carbonyl (C=O) groups is 1. The average Bonchev–Trinajstić information content (AvgIpc) is 2.16. The van der Waals surface area contributed by atoms with E-state index in [0.29, 0.717) is 0 Å². The molecule has 0 unspecified atom stereocenters. The van der Waals surface area contributed by atoms with Crippen LogP contribution in [0.25, 0.3) is 0 Å². The third kappa shape index (κ3) is 6.62. The molecule has 0 aromatic rings. The Labute approximate surface area is 83.3 Å². The van der Waals surface area contributed by atoms with Crippen molar-refractivity contribution in [3.8, 4) is 0 Å². The van der Waals surface area contributed by atoms with Crippen molar-refractivity contribution in [1.82, 2.24) is 4.90 Å². The standard InChI is InChI=1S/C9H19NO.C2H6/c1-5-7-10(6-2)9(11)8(3)4;1-2/h8H,5-7H2,1-4H3;1-2H3. The van der Waals surface area contributed by atoms with Crippen LogP contribution in [0, 0.1) is 5.92 Å². The minimum Gasteiger partial charge on any atom is -0.343 e. The van der Waals surface area contributed by atoms with E-state index in [1.807, 2.05) is 39.5 Å². The summed E-state index contributed by atoms with van der Waals surface area (Å²) in [6.07, 6.45) is 1.05. The number of hydrogen-bond acceptors (Lipinski definition) is 1. The molecule has 0 atom stereocenters. The Morgan fingerprint density at radius 1 is 1.23 bits per heavy atom. The van der Waals surface area contributed by atoms with Gasteiger partial charge < -0.3 is 4.90 Å². The summed E-state index contributed by atoms with van der Waals surface area (Å²) in [4.78, 5) is 13.3. The van der Waals surface area contributed by atoms with Crippen LogP contribution in [0.1, 0.15) is 48.0 Å². The molecule has 1 amide bonds. The van der Waals surface area contributed by atoms with Crippen molar-refractivity contribution in [2.45, 2.75) is 48.0 Å². The number of nitrogens with zero attached hydrogens (tertiary/aromatic N) is 1. The van der Waals surface area contributed by atoms with Crippen LogP contribution in [0.2, 0.25) is 0 Å². The van der Waals surface area contributed by atoms with Crippen molar-refractivity contribution in [1.29, 1.82) is 0 Å². The quantitative estimate of drug-likeness (QED) is 0.662. The van der Waals surface area contributed by atoms with Gasteiger partial charge in [-0.1, -0.05) is 34.6 Å². The fourth-order valence-electron chi connectivity index (χ4n) is 1.06.